The molecule has 0 spiro atoms. The number of hydrogen-bond donors (Lipinski definition) is 1. The van der Waals surface area contributed by atoms with Gasteiger partial charge in [-0.3, -0.25) is 4.79 Å². The lowest BCUT2D eigenvalue weighted by Crippen LogP contribution is -2.22. The van der Waals surface area contributed by atoms with E-state index in [9.17, 15) is 4.79 Å². The molecular formula is C20H20ClN5OS. The Morgan fingerprint density at radius 1 is 1.14 bits per heavy atom. The molecular weight excluding hydrogens is 394 g/mol. The summed E-state index contributed by atoms with van der Waals surface area (Å²) in [7, 11) is 1.87. The number of benzene rings is 2. The summed E-state index contributed by atoms with van der Waals surface area (Å²) in [6, 6.07) is 17.2. The second-order valence-electron chi connectivity index (χ2n) is 5.97. The first-order chi connectivity index (χ1) is 13.6. The van der Waals surface area contributed by atoms with E-state index in [1.807, 2.05) is 73.1 Å². The lowest BCUT2D eigenvalue weighted by atomic mass is 10.1. The SMILES string of the molecule is CC/C(=N/NC(=O)CSc1nnc(-c2ccc(Cl)cc2)n1C)c1ccccc1. The van der Waals surface area contributed by atoms with Crippen LogP contribution in [0.25, 0.3) is 11.4 Å². The van der Waals surface area contributed by atoms with Gasteiger partial charge in [-0.1, -0.05) is 60.6 Å². The van der Waals surface area contributed by atoms with E-state index in [0.717, 1.165) is 29.1 Å². The smallest absolute Gasteiger partial charge is 0.250 e. The monoisotopic (exact) mass is 413 g/mol. The predicted molar refractivity (Wildman–Crippen MR) is 114 cm³/mol. The Morgan fingerprint density at radius 3 is 2.54 bits per heavy atom. The van der Waals surface area contributed by atoms with Crippen molar-refractivity contribution in [1.82, 2.24) is 20.2 Å². The van der Waals surface area contributed by atoms with E-state index in [0.29, 0.717) is 10.2 Å². The largest absolute Gasteiger partial charge is 0.305 e. The fourth-order valence-electron chi connectivity index (χ4n) is 2.56. The third kappa shape index (κ3) is 4.99. The molecule has 0 radical (unpaired) electrons. The molecule has 0 saturated heterocycles. The van der Waals surface area contributed by atoms with Gasteiger partial charge in [0.15, 0.2) is 11.0 Å². The Hall–Kier alpha value is -2.64. The molecule has 144 valence electrons. The van der Waals surface area contributed by atoms with Gasteiger partial charge in [-0.2, -0.15) is 5.10 Å². The standard InChI is InChI=1S/C20H20ClN5OS/c1-3-17(14-7-5-4-6-8-14)22-23-18(27)13-28-20-25-24-19(26(20)2)15-9-11-16(21)12-10-15/h4-12H,3,13H2,1-2H3,(H,23,27)/b22-17-. The van der Waals surface area contributed by atoms with Crippen LogP contribution >= 0.6 is 23.4 Å². The lowest BCUT2D eigenvalue weighted by molar-refractivity contribution is -0.118. The van der Waals surface area contributed by atoms with Crippen LogP contribution < -0.4 is 5.43 Å². The highest BCUT2D eigenvalue weighted by Crippen LogP contribution is 2.23. The molecule has 0 aliphatic carbocycles. The van der Waals surface area contributed by atoms with Gasteiger partial charge < -0.3 is 4.57 Å². The van der Waals surface area contributed by atoms with Crippen LogP contribution in [-0.4, -0.2) is 32.1 Å². The maximum Gasteiger partial charge on any atom is 0.250 e. The summed E-state index contributed by atoms with van der Waals surface area (Å²) in [6.45, 7) is 2.00. The molecule has 1 amide bonds. The summed E-state index contributed by atoms with van der Waals surface area (Å²) in [4.78, 5) is 12.2. The fourth-order valence-corrected chi connectivity index (χ4v) is 3.39. The molecule has 0 fully saturated rings. The van der Waals surface area contributed by atoms with Crippen LogP contribution in [0, 0.1) is 0 Å². The van der Waals surface area contributed by atoms with Gasteiger partial charge in [0.1, 0.15) is 0 Å². The maximum absolute atomic E-state index is 12.2. The highest BCUT2D eigenvalue weighted by atomic mass is 35.5. The molecule has 0 unspecified atom stereocenters. The molecule has 1 aromatic heterocycles. The highest BCUT2D eigenvalue weighted by Gasteiger charge is 2.13. The first-order valence-electron chi connectivity index (χ1n) is 8.77. The van der Waals surface area contributed by atoms with Crippen LogP contribution in [0.4, 0.5) is 0 Å². The minimum Gasteiger partial charge on any atom is -0.305 e. The minimum atomic E-state index is -0.192. The molecule has 1 N–H and O–H groups in total. The molecule has 3 aromatic rings. The van der Waals surface area contributed by atoms with Gasteiger partial charge >= 0.3 is 0 Å². The average Bonchev–Trinajstić information content (AvgIpc) is 3.09. The van der Waals surface area contributed by atoms with Crippen LogP contribution in [0.3, 0.4) is 0 Å². The first-order valence-corrected chi connectivity index (χ1v) is 10.1. The number of hydrazone groups is 1. The molecule has 2 aromatic carbocycles. The minimum absolute atomic E-state index is 0.192. The van der Waals surface area contributed by atoms with Gasteiger partial charge in [0.25, 0.3) is 5.91 Å². The fraction of sp³-hybridized carbons (Fsp3) is 0.200. The molecule has 3 rings (SSSR count). The van der Waals surface area contributed by atoms with Crippen LogP contribution in [0.1, 0.15) is 18.9 Å². The van der Waals surface area contributed by atoms with Crippen molar-refractivity contribution >= 4 is 35.0 Å². The van der Waals surface area contributed by atoms with E-state index in [4.69, 9.17) is 11.6 Å². The summed E-state index contributed by atoms with van der Waals surface area (Å²) in [5, 5.41) is 14.0. The van der Waals surface area contributed by atoms with Gasteiger partial charge in [0, 0.05) is 17.6 Å². The summed E-state index contributed by atoms with van der Waals surface area (Å²) < 4.78 is 1.85. The Kier molecular flexibility index (Phi) is 6.84. The molecule has 0 aliphatic rings. The van der Waals surface area contributed by atoms with E-state index < -0.39 is 0 Å². The average molecular weight is 414 g/mol. The zero-order chi connectivity index (χ0) is 19.9. The molecule has 0 atom stereocenters. The van der Waals surface area contributed by atoms with Gasteiger partial charge in [-0.25, -0.2) is 5.43 Å². The summed E-state index contributed by atoms with van der Waals surface area (Å²) >= 11 is 7.24. The third-order valence-corrected chi connectivity index (χ3v) is 5.30. The van der Waals surface area contributed by atoms with Crippen molar-refractivity contribution in [2.75, 3.05) is 5.75 Å². The van der Waals surface area contributed by atoms with Crippen LogP contribution in [0.15, 0.2) is 64.9 Å². The van der Waals surface area contributed by atoms with E-state index in [-0.39, 0.29) is 11.7 Å². The number of carbonyl (C=O) groups excluding carboxylic acids is 1. The van der Waals surface area contributed by atoms with E-state index >= 15 is 0 Å². The number of hydrogen-bond acceptors (Lipinski definition) is 5. The quantitative estimate of drug-likeness (QED) is 0.358. The zero-order valence-electron chi connectivity index (χ0n) is 15.6. The molecule has 8 heteroatoms. The van der Waals surface area contributed by atoms with E-state index in [2.05, 4.69) is 20.7 Å². The first kappa shape index (κ1) is 20.1. The Labute approximate surface area is 173 Å². The van der Waals surface area contributed by atoms with Crippen LogP contribution in [0.2, 0.25) is 5.02 Å². The van der Waals surface area contributed by atoms with Crippen molar-refractivity contribution < 1.29 is 4.79 Å². The van der Waals surface area contributed by atoms with Gasteiger partial charge in [0.2, 0.25) is 0 Å². The number of aromatic nitrogens is 3. The lowest BCUT2D eigenvalue weighted by Gasteiger charge is -2.06. The Bertz CT molecular complexity index is 970. The number of halogens is 1. The van der Waals surface area contributed by atoms with Gasteiger partial charge in [-0.15, -0.1) is 10.2 Å². The molecule has 0 aliphatic heterocycles. The van der Waals surface area contributed by atoms with Crippen molar-refractivity contribution in [1.29, 1.82) is 0 Å². The predicted octanol–water partition coefficient (Wildman–Crippen LogP) is 4.16. The Morgan fingerprint density at radius 2 is 1.86 bits per heavy atom. The Balaban J connectivity index is 1.60. The van der Waals surface area contributed by atoms with Crippen molar-refractivity contribution in [3.63, 3.8) is 0 Å². The normalized spacial score (nSPS) is 11.5. The number of rotatable bonds is 7. The summed E-state index contributed by atoms with van der Waals surface area (Å²) in [6.07, 6.45) is 0.727. The van der Waals surface area contributed by atoms with E-state index in [1.54, 1.807) is 0 Å². The summed E-state index contributed by atoms with van der Waals surface area (Å²) in [5.41, 5.74) is 5.37. The van der Waals surface area contributed by atoms with Crippen molar-refractivity contribution in [3.05, 3.63) is 65.2 Å². The number of amides is 1. The number of nitrogens with one attached hydrogen (secondary N) is 1. The number of nitrogens with zero attached hydrogens (tertiary/aromatic N) is 4. The van der Waals surface area contributed by atoms with Gasteiger partial charge in [-0.05, 0) is 36.2 Å². The molecule has 1 heterocycles. The van der Waals surface area contributed by atoms with Gasteiger partial charge in [0.05, 0.1) is 11.5 Å². The number of carbonyl (C=O) groups is 1. The zero-order valence-corrected chi connectivity index (χ0v) is 17.2. The second-order valence-corrected chi connectivity index (χ2v) is 7.35. The van der Waals surface area contributed by atoms with Crippen molar-refractivity contribution in [2.45, 2.75) is 18.5 Å². The van der Waals surface area contributed by atoms with E-state index in [1.165, 1.54) is 11.8 Å². The molecule has 0 bridgehead atoms. The second kappa shape index (κ2) is 9.52. The maximum atomic E-state index is 12.2. The molecule has 6 nitrogen and oxygen atoms in total. The topological polar surface area (TPSA) is 72.2 Å². The number of thioether (sulfide) groups is 1. The molecule has 28 heavy (non-hydrogen) atoms. The van der Waals surface area contributed by atoms with Crippen molar-refractivity contribution in [3.8, 4) is 11.4 Å². The third-order valence-electron chi connectivity index (χ3n) is 4.03. The van der Waals surface area contributed by atoms with Crippen LogP contribution in [0.5, 0.6) is 0 Å². The van der Waals surface area contributed by atoms with Crippen LogP contribution in [-0.2, 0) is 11.8 Å². The van der Waals surface area contributed by atoms with Crippen molar-refractivity contribution in [2.24, 2.45) is 12.1 Å². The summed E-state index contributed by atoms with van der Waals surface area (Å²) in [5.74, 6) is 0.722. The molecule has 0 saturated carbocycles. The highest BCUT2D eigenvalue weighted by molar-refractivity contribution is 7.99.